The lowest BCUT2D eigenvalue weighted by Crippen LogP contribution is -2.35. The number of nitrogens with zero attached hydrogens (tertiary/aromatic N) is 4. The van der Waals surface area contributed by atoms with Crippen molar-refractivity contribution in [2.24, 2.45) is 5.73 Å². The highest BCUT2D eigenvalue weighted by molar-refractivity contribution is 7.99. The van der Waals surface area contributed by atoms with Crippen molar-refractivity contribution in [1.82, 2.24) is 19.9 Å². The van der Waals surface area contributed by atoms with Gasteiger partial charge in [-0.3, -0.25) is 9.58 Å². The van der Waals surface area contributed by atoms with Gasteiger partial charge in [0.05, 0.1) is 12.2 Å². The van der Waals surface area contributed by atoms with Crippen molar-refractivity contribution in [1.29, 1.82) is 0 Å². The molecule has 0 amide bonds. The van der Waals surface area contributed by atoms with Crippen molar-refractivity contribution < 1.29 is 0 Å². The summed E-state index contributed by atoms with van der Waals surface area (Å²) in [7, 11) is 0. The molecule has 6 heteroatoms. The van der Waals surface area contributed by atoms with Crippen LogP contribution in [0.25, 0.3) is 0 Å². The van der Waals surface area contributed by atoms with E-state index in [2.05, 4.69) is 15.2 Å². The predicted molar refractivity (Wildman–Crippen MR) is 61.7 cm³/mol. The molecule has 15 heavy (non-hydrogen) atoms. The first-order chi connectivity index (χ1) is 7.38. The van der Waals surface area contributed by atoms with Gasteiger partial charge in [-0.05, 0) is 0 Å². The Morgan fingerprint density at radius 2 is 2.13 bits per heavy atom. The second-order valence-corrected chi connectivity index (χ2v) is 4.86. The van der Waals surface area contributed by atoms with Crippen molar-refractivity contribution in [3.63, 3.8) is 0 Å². The molecule has 0 spiro atoms. The maximum absolute atomic E-state index is 5.47. The third-order valence-electron chi connectivity index (χ3n) is 2.54. The number of aromatic nitrogens is 3. The van der Waals surface area contributed by atoms with Crippen LogP contribution < -0.4 is 5.73 Å². The molecule has 2 rings (SSSR count). The number of hydrogen-bond acceptors (Lipinski definition) is 5. The number of hydrogen-bond donors (Lipinski definition) is 1. The topological polar surface area (TPSA) is 60.0 Å². The van der Waals surface area contributed by atoms with E-state index in [0.29, 0.717) is 6.54 Å². The second kappa shape index (κ2) is 5.48. The van der Waals surface area contributed by atoms with Gasteiger partial charge in [0.15, 0.2) is 0 Å². The van der Waals surface area contributed by atoms with Gasteiger partial charge >= 0.3 is 0 Å². The largest absolute Gasteiger partial charge is 0.325 e. The van der Waals surface area contributed by atoms with Gasteiger partial charge in [-0.15, -0.1) is 5.10 Å². The molecular formula is C9H17N5S. The van der Waals surface area contributed by atoms with Crippen LogP contribution in [0, 0.1) is 0 Å². The summed E-state index contributed by atoms with van der Waals surface area (Å²) in [6.07, 6.45) is 1.93. The van der Waals surface area contributed by atoms with Crippen molar-refractivity contribution in [2.75, 3.05) is 31.1 Å². The highest BCUT2D eigenvalue weighted by Gasteiger charge is 2.10. The number of nitrogens with two attached hydrogens (primary N) is 1. The van der Waals surface area contributed by atoms with E-state index in [9.17, 15) is 0 Å². The van der Waals surface area contributed by atoms with E-state index in [1.807, 2.05) is 22.6 Å². The predicted octanol–water partition coefficient (Wildman–Crippen LogP) is -0.214. The molecule has 1 aromatic heterocycles. The molecule has 1 aromatic rings. The summed E-state index contributed by atoms with van der Waals surface area (Å²) in [5, 5.41) is 7.99. The van der Waals surface area contributed by atoms with Crippen LogP contribution >= 0.6 is 11.8 Å². The molecule has 2 N–H and O–H groups in total. The lowest BCUT2D eigenvalue weighted by atomic mass is 10.4. The minimum absolute atomic E-state index is 0.473. The van der Waals surface area contributed by atoms with Crippen molar-refractivity contribution in [3.05, 3.63) is 11.9 Å². The molecular weight excluding hydrogens is 210 g/mol. The monoisotopic (exact) mass is 227 g/mol. The Hall–Kier alpha value is -0.590. The lowest BCUT2D eigenvalue weighted by Gasteiger charge is -2.25. The summed E-state index contributed by atoms with van der Waals surface area (Å²) >= 11 is 2.04. The molecule has 1 aliphatic heterocycles. The third-order valence-corrected chi connectivity index (χ3v) is 3.49. The lowest BCUT2D eigenvalue weighted by molar-refractivity contribution is 0.283. The zero-order chi connectivity index (χ0) is 10.5. The van der Waals surface area contributed by atoms with Gasteiger partial charge in [-0.2, -0.15) is 11.8 Å². The average molecular weight is 227 g/mol. The molecule has 0 saturated carbocycles. The highest BCUT2D eigenvalue weighted by atomic mass is 32.2. The van der Waals surface area contributed by atoms with Gasteiger partial charge < -0.3 is 5.73 Å². The zero-order valence-corrected chi connectivity index (χ0v) is 9.62. The number of rotatable bonds is 4. The van der Waals surface area contributed by atoms with Gasteiger partial charge in [0, 0.05) is 43.9 Å². The van der Waals surface area contributed by atoms with Gasteiger partial charge in [0.2, 0.25) is 0 Å². The van der Waals surface area contributed by atoms with E-state index < -0.39 is 0 Å². The average Bonchev–Trinajstić information content (AvgIpc) is 2.76. The molecule has 0 aromatic carbocycles. The Kier molecular flexibility index (Phi) is 3.99. The molecule has 5 nitrogen and oxygen atoms in total. The molecule has 84 valence electrons. The molecule has 0 bridgehead atoms. The third kappa shape index (κ3) is 3.19. The summed E-state index contributed by atoms with van der Waals surface area (Å²) < 4.78 is 1.88. The summed E-state index contributed by atoms with van der Waals surface area (Å²) in [4.78, 5) is 2.47. The Morgan fingerprint density at radius 3 is 2.80 bits per heavy atom. The smallest absolute Gasteiger partial charge is 0.0962 e. The standard InChI is InChI=1S/C9H17N5S/c10-7-9-8-14(12-11-9)2-1-13-3-5-15-6-4-13/h8H,1-7,10H2. The Balaban J connectivity index is 1.76. The van der Waals surface area contributed by atoms with E-state index in [1.165, 1.54) is 24.6 Å². The first-order valence-corrected chi connectivity index (χ1v) is 6.43. The van der Waals surface area contributed by atoms with Gasteiger partial charge in [-0.1, -0.05) is 5.21 Å². The summed E-state index contributed by atoms with van der Waals surface area (Å²) in [5.74, 6) is 2.51. The van der Waals surface area contributed by atoms with Gasteiger partial charge in [-0.25, -0.2) is 0 Å². The van der Waals surface area contributed by atoms with Crippen LogP contribution in [-0.2, 0) is 13.1 Å². The molecule has 0 atom stereocenters. The second-order valence-electron chi connectivity index (χ2n) is 3.63. The normalized spacial score (nSPS) is 18.2. The van der Waals surface area contributed by atoms with E-state index in [4.69, 9.17) is 5.73 Å². The highest BCUT2D eigenvalue weighted by Crippen LogP contribution is 2.08. The molecule has 1 fully saturated rings. The molecule has 1 aliphatic rings. The fourth-order valence-electron chi connectivity index (χ4n) is 1.61. The van der Waals surface area contributed by atoms with E-state index in [0.717, 1.165) is 18.8 Å². The molecule has 0 aliphatic carbocycles. The van der Waals surface area contributed by atoms with Crippen LogP contribution in [0.1, 0.15) is 5.69 Å². The molecule has 2 heterocycles. The van der Waals surface area contributed by atoms with Crippen LogP contribution in [0.3, 0.4) is 0 Å². The maximum atomic E-state index is 5.47. The summed E-state index contributed by atoms with van der Waals surface area (Å²) in [6, 6.07) is 0. The van der Waals surface area contributed by atoms with Crippen molar-refractivity contribution >= 4 is 11.8 Å². The van der Waals surface area contributed by atoms with Crippen molar-refractivity contribution in [3.8, 4) is 0 Å². The molecule has 0 unspecified atom stereocenters. The van der Waals surface area contributed by atoms with Crippen LogP contribution in [-0.4, -0.2) is 51.0 Å². The van der Waals surface area contributed by atoms with Crippen LogP contribution in [0.5, 0.6) is 0 Å². The Labute approximate surface area is 94.0 Å². The minimum atomic E-state index is 0.473. The Morgan fingerprint density at radius 1 is 1.33 bits per heavy atom. The number of thioether (sulfide) groups is 1. The minimum Gasteiger partial charge on any atom is -0.325 e. The first kappa shape index (κ1) is 10.9. The summed E-state index contributed by atoms with van der Waals surface area (Å²) in [5.41, 5.74) is 6.34. The fraction of sp³-hybridized carbons (Fsp3) is 0.778. The van der Waals surface area contributed by atoms with Gasteiger partial charge in [0.1, 0.15) is 0 Å². The fourth-order valence-corrected chi connectivity index (χ4v) is 2.59. The van der Waals surface area contributed by atoms with Crippen molar-refractivity contribution in [2.45, 2.75) is 13.1 Å². The Bertz CT molecular complexity index is 294. The maximum Gasteiger partial charge on any atom is 0.0962 e. The molecule has 1 saturated heterocycles. The van der Waals surface area contributed by atoms with Crippen LogP contribution in [0.4, 0.5) is 0 Å². The van der Waals surface area contributed by atoms with Gasteiger partial charge in [0.25, 0.3) is 0 Å². The van der Waals surface area contributed by atoms with E-state index in [-0.39, 0.29) is 0 Å². The van der Waals surface area contributed by atoms with Crippen LogP contribution in [0.15, 0.2) is 6.20 Å². The molecule has 0 radical (unpaired) electrons. The summed E-state index contributed by atoms with van der Waals surface area (Å²) in [6.45, 7) is 4.85. The first-order valence-electron chi connectivity index (χ1n) is 5.27. The quantitative estimate of drug-likeness (QED) is 0.771. The zero-order valence-electron chi connectivity index (χ0n) is 8.80. The SMILES string of the molecule is NCc1cn(CCN2CCSCC2)nn1. The van der Waals surface area contributed by atoms with Crippen LogP contribution in [0.2, 0.25) is 0 Å². The van der Waals surface area contributed by atoms with E-state index in [1.54, 1.807) is 0 Å². The van der Waals surface area contributed by atoms with E-state index >= 15 is 0 Å².